The molecule has 6 rings (SSSR count). The molecule has 5 aromatic rings. The summed E-state index contributed by atoms with van der Waals surface area (Å²) in [4.78, 5) is 2.26. The van der Waals surface area contributed by atoms with Crippen LogP contribution in [0.1, 0.15) is 0 Å². The molecule has 1 aliphatic heterocycles. The summed E-state index contributed by atoms with van der Waals surface area (Å²) in [6, 6.07) is 33.4. The molecule has 0 aliphatic carbocycles. The summed E-state index contributed by atoms with van der Waals surface area (Å²) < 4.78 is 9.58. The van der Waals surface area contributed by atoms with Crippen LogP contribution in [-0.4, -0.2) is 4.57 Å². The molecule has 4 aromatic carbocycles. The van der Waals surface area contributed by atoms with Crippen LogP contribution in [0.4, 0.5) is 17.1 Å². The van der Waals surface area contributed by atoms with Crippen molar-refractivity contribution in [2.24, 2.45) is 0 Å². The molecule has 1 aromatic heterocycles. The summed E-state index contributed by atoms with van der Waals surface area (Å²) in [5.74, 6) is 1.71. The van der Waals surface area contributed by atoms with Crippen molar-refractivity contribution in [2.45, 2.75) is 0 Å². The Morgan fingerprint density at radius 3 is 2.30 bits per heavy atom. The lowest BCUT2D eigenvalue weighted by Crippen LogP contribution is -2.15. The van der Waals surface area contributed by atoms with E-state index >= 15 is 0 Å². The van der Waals surface area contributed by atoms with E-state index in [1.807, 2.05) is 30.3 Å². The Morgan fingerprint density at radius 1 is 0.633 bits per heavy atom. The van der Waals surface area contributed by atoms with Gasteiger partial charge < -0.3 is 14.2 Å². The van der Waals surface area contributed by atoms with Crippen molar-refractivity contribution in [1.29, 1.82) is 0 Å². The Kier molecular flexibility index (Phi) is 3.93. The van der Waals surface area contributed by atoms with Crippen molar-refractivity contribution >= 4 is 43.9 Å². The highest BCUT2D eigenvalue weighted by atomic mass is 79.9. The number of nitrogens with zero attached hydrogens (tertiary/aromatic N) is 2. The number of hydrogen-bond acceptors (Lipinski definition) is 2. The number of rotatable bonds is 2. The minimum atomic E-state index is 0.854. The van der Waals surface area contributed by atoms with Crippen LogP contribution in [0, 0.1) is 0 Å². The third-order valence-corrected chi connectivity index (χ3v) is 5.93. The van der Waals surface area contributed by atoms with Gasteiger partial charge in [-0.2, -0.15) is 0 Å². The fraction of sp³-hybridized carbons (Fsp3) is 0. The van der Waals surface area contributed by atoms with Crippen molar-refractivity contribution in [3.8, 4) is 17.2 Å². The number of hydrogen-bond donors (Lipinski definition) is 0. The van der Waals surface area contributed by atoms with Crippen molar-refractivity contribution in [2.75, 3.05) is 4.90 Å². The van der Waals surface area contributed by atoms with Crippen LogP contribution >= 0.6 is 15.9 Å². The van der Waals surface area contributed by atoms with Gasteiger partial charge in [0.2, 0.25) is 0 Å². The zero-order chi connectivity index (χ0) is 20.1. The van der Waals surface area contributed by atoms with Gasteiger partial charge >= 0.3 is 0 Å². The molecular formula is C26H17BrN2O. The maximum Gasteiger partial charge on any atom is 0.152 e. The smallest absolute Gasteiger partial charge is 0.152 e. The van der Waals surface area contributed by atoms with E-state index in [0.29, 0.717) is 0 Å². The van der Waals surface area contributed by atoms with Crippen molar-refractivity contribution in [3.05, 3.63) is 108 Å². The average Bonchev–Trinajstić information content (AvgIpc) is 3.19. The lowest BCUT2D eigenvalue weighted by Gasteiger charge is -2.33. The topological polar surface area (TPSA) is 17.4 Å². The molecule has 0 spiro atoms. The molecule has 0 amide bonds. The lowest BCUT2D eigenvalue weighted by molar-refractivity contribution is 0.477. The van der Waals surface area contributed by atoms with E-state index < -0.39 is 0 Å². The fourth-order valence-electron chi connectivity index (χ4n) is 4.09. The van der Waals surface area contributed by atoms with E-state index in [1.165, 1.54) is 0 Å². The molecule has 0 saturated carbocycles. The first kappa shape index (κ1) is 17.4. The second-order valence-corrected chi connectivity index (χ2v) is 8.20. The molecule has 0 atom stereocenters. The number of benzene rings is 4. The van der Waals surface area contributed by atoms with Gasteiger partial charge in [-0.25, -0.2) is 0 Å². The molecule has 0 unspecified atom stereocenters. The summed E-state index contributed by atoms with van der Waals surface area (Å²) in [6.45, 7) is 0. The molecule has 0 fully saturated rings. The van der Waals surface area contributed by atoms with E-state index in [4.69, 9.17) is 4.74 Å². The first-order valence-corrected chi connectivity index (χ1v) is 10.6. The van der Waals surface area contributed by atoms with Crippen LogP contribution in [0.25, 0.3) is 16.6 Å². The van der Waals surface area contributed by atoms with Crippen molar-refractivity contribution in [3.63, 3.8) is 0 Å². The minimum absolute atomic E-state index is 0.854. The highest BCUT2D eigenvalue weighted by molar-refractivity contribution is 9.10. The predicted octanol–water partition coefficient (Wildman–Crippen LogP) is 7.97. The van der Waals surface area contributed by atoms with E-state index in [-0.39, 0.29) is 0 Å². The summed E-state index contributed by atoms with van der Waals surface area (Å²) >= 11 is 3.62. The highest BCUT2D eigenvalue weighted by Crippen LogP contribution is 2.51. The molecule has 0 bridgehead atoms. The quantitative estimate of drug-likeness (QED) is 0.265. The monoisotopic (exact) mass is 452 g/mol. The maximum absolute atomic E-state index is 6.32. The maximum atomic E-state index is 6.32. The first-order valence-electron chi connectivity index (χ1n) is 9.81. The Morgan fingerprint density at radius 2 is 1.43 bits per heavy atom. The Labute approximate surface area is 182 Å². The lowest BCUT2D eigenvalue weighted by atomic mass is 10.1. The van der Waals surface area contributed by atoms with Crippen LogP contribution in [-0.2, 0) is 0 Å². The third-order valence-electron chi connectivity index (χ3n) is 5.44. The van der Waals surface area contributed by atoms with Crippen LogP contribution in [0.2, 0.25) is 0 Å². The van der Waals surface area contributed by atoms with Gasteiger partial charge in [0.25, 0.3) is 0 Å². The van der Waals surface area contributed by atoms with Crippen LogP contribution in [0.5, 0.6) is 11.5 Å². The summed E-state index contributed by atoms with van der Waals surface area (Å²) in [6.07, 6.45) is 2.11. The molecule has 0 saturated heterocycles. The third kappa shape index (κ3) is 2.72. The molecule has 2 heterocycles. The molecule has 30 heavy (non-hydrogen) atoms. The number of para-hydroxylation sites is 3. The largest absolute Gasteiger partial charge is 0.453 e. The number of ether oxygens (including phenoxy) is 1. The first-order chi connectivity index (χ1) is 14.8. The zero-order valence-corrected chi connectivity index (χ0v) is 17.6. The number of anilines is 3. The van der Waals surface area contributed by atoms with Gasteiger partial charge in [0, 0.05) is 27.4 Å². The molecule has 4 heteroatoms. The fourth-order valence-corrected chi connectivity index (χ4v) is 4.48. The molecule has 1 aliphatic rings. The van der Waals surface area contributed by atoms with Crippen LogP contribution in [0.15, 0.2) is 108 Å². The van der Waals surface area contributed by atoms with Gasteiger partial charge in [0.15, 0.2) is 11.5 Å². The van der Waals surface area contributed by atoms with Gasteiger partial charge in [-0.15, -0.1) is 0 Å². The Bertz CT molecular complexity index is 1390. The van der Waals surface area contributed by atoms with Crippen molar-refractivity contribution < 1.29 is 4.74 Å². The van der Waals surface area contributed by atoms with E-state index in [2.05, 4.69) is 98.3 Å². The van der Waals surface area contributed by atoms with Gasteiger partial charge in [-0.3, -0.25) is 0 Å². The molecule has 0 radical (unpaired) electrons. The zero-order valence-electron chi connectivity index (χ0n) is 16.0. The van der Waals surface area contributed by atoms with E-state index in [9.17, 15) is 0 Å². The van der Waals surface area contributed by atoms with E-state index in [0.717, 1.165) is 49.6 Å². The van der Waals surface area contributed by atoms with Crippen molar-refractivity contribution in [1.82, 2.24) is 4.57 Å². The molecule has 3 nitrogen and oxygen atoms in total. The average molecular weight is 453 g/mol. The van der Waals surface area contributed by atoms with E-state index in [1.54, 1.807) is 0 Å². The molecule has 144 valence electrons. The highest BCUT2D eigenvalue weighted by Gasteiger charge is 2.26. The standard InChI is InChI=1S/C26H17BrN2O/c27-19-7-6-10-21(16-19)29-22-11-4-5-12-25(22)30-26-15-18-13-14-28(23(18)17-24(26)29)20-8-2-1-3-9-20/h1-17H. The summed E-state index contributed by atoms with van der Waals surface area (Å²) in [7, 11) is 0. The van der Waals surface area contributed by atoms with Gasteiger partial charge in [0.05, 0.1) is 16.9 Å². The molecule has 0 N–H and O–H groups in total. The van der Waals surface area contributed by atoms with Gasteiger partial charge in [-0.1, -0.05) is 52.3 Å². The normalized spacial score (nSPS) is 12.4. The number of halogens is 1. The number of aromatic nitrogens is 1. The van der Waals surface area contributed by atoms with Gasteiger partial charge in [-0.05, 0) is 60.7 Å². The Hall–Kier alpha value is -3.50. The summed E-state index contributed by atoms with van der Waals surface area (Å²) in [5, 5.41) is 1.14. The second kappa shape index (κ2) is 6.78. The summed E-state index contributed by atoms with van der Waals surface area (Å²) in [5.41, 5.74) is 5.41. The van der Waals surface area contributed by atoms with Gasteiger partial charge in [0.1, 0.15) is 0 Å². The minimum Gasteiger partial charge on any atom is -0.453 e. The van der Waals surface area contributed by atoms with Crippen LogP contribution < -0.4 is 9.64 Å². The Balaban J connectivity index is 1.62. The predicted molar refractivity (Wildman–Crippen MR) is 126 cm³/mol. The molecular weight excluding hydrogens is 436 g/mol. The SMILES string of the molecule is Brc1cccc(N2c3ccccc3Oc3cc4ccn(-c5ccccc5)c4cc32)c1. The number of fused-ring (bicyclic) bond motifs is 3. The second-order valence-electron chi connectivity index (χ2n) is 7.29. The van der Waals surface area contributed by atoms with Crippen LogP contribution in [0.3, 0.4) is 0 Å².